The number of anilines is 1. The van der Waals surface area contributed by atoms with Gasteiger partial charge in [-0.1, -0.05) is 36.4 Å². The van der Waals surface area contributed by atoms with Gasteiger partial charge in [0.05, 0.1) is 6.04 Å². The molecule has 1 heterocycles. The van der Waals surface area contributed by atoms with E-state index in [1.54, 1.807) is 0 Å². The summed E-state index contributed by atoms with van der Waals surface area (Å²) in [6.07, 6.45) is 0. The molecule has 1 fully saturated rings. The van der Waals surface area contributed by atoms with Crippen molar-refractivity contribution in [3.05, 3.63) is 65.2 Å². The number of benzene rings is 2. The number of rotatable bonds is 2. The molecule has 1 N–H and O–H groups in total. The van der Waals surface area contributed by atoms with Crippen molar-refractivity contribution < 1.29 is 0 Å². The first-order valence-corrected chi connectivity index (χ1v) is 7.35. The highest BCUT2D eigenvalue weighted by Gasteiger charge is 2.23. The molecule has 0 amide bonds. The van der Waals surface area contributed by atoms with E-state index >= 15 is 0 Å². The first-order valence-electron chi connectivity index (χ1n) is 7.35. The molecule has 0 spiro atoms. The second-order valence-electron chi connectivity index (χ2n) is 5.59. The third-order valence-corrected chi connectivity index (χ3v) is 4.25. The van der Waals surface area contributed by atoms with Crippen LogP contribution in [-0.2, 0) is 0 Å². The second-order valence-corrected chi connectivity index (χ2v) is 5.59. The maximum absolute atomic E-state index is 3.52. The SMILES string of the molecule is Cc1ccc(N2CCNCC2c2ccccc2)cc1C. The Labute approximate surface area is 121 Å². The Balaban J connectivity index is 1.94. The molecular formula is C18H22N2. The molecule has 1 aliphatic rings. The van der Waals surface area contributed by atoms with Gasteiger partial charge in [0.25, 0.3) is 0 Å². The summed E-state index contributed by atoms with van der Waals surface area (Å²) >= 11 is 0. The van der Waals surface area contributed by atoms with Gasteiger partial charge in [-0.05, 0) is 42.7 Å². The fraction of sp³-hybridized carbons (Fsp3) is 0.333. The highest BCUT2D eigenvalue weighted by atomic mass is 15.2. The van der Waals surface area contributed by atoms with Crippen LogP contribution in [0.3, 0.4) is 0 Å². The summed E-state index contributed by atoms with van der Waals surface area (Å²) in [5.41, 5.74) is 5.45. The largest absolute Gasteiger partial charge is 0.362 e. The van der Waals surface area contributed by atoms with Crippen LogP contribution in [0.4, 0.5) is 5.69 Å². The standard InChI is InChI=1S/C18H22N2/c1-14-8-9-17(12-15(14)2)20-11-10-19-13-18(20)16-6-4-3-5-7-16/h3-9,12,18-19H,10-11,13H2,1-2H3. The smallest absolute Gasteiger partial charge is 0.0667 e. The summed E-state index contributed by atoms with van der Waals surface area (Å²) in [4.78, 5) is 2.53. The van der Waals surface area contributed by atoms with Gasteiger partial charge in [0.1, 0.15) is 0 Å². The van der Waals surface area contributed by atoms with E-state index in [0.717, 1.165) is 19.6 Å². The van der Waals surface area contributed by atoms with Crippen molar-refractivity contribution in [2.45, 2.75) is 19.9 Å². The molecule has 0 bridgehead atoms. The molecule has 2 aromatic rings. The van der Waals surface area contributed by atoms with Gasteiger partial charge < -0.3 is 10.2 Å². The topological polar surface area (TPSA) is 15.3 Å². The Morgan fingerprint density at radius 2 is 1.80 bits per heavy atom. The van der Waals surface area contributed by atoms with E-state index in [4.69, 9.17) is 0 Å². The number of nitrogens with zero attached hydrogens (tertiary/aromatic N) is 1. The molecular weight excluding hydrogens is 244 g/mol. The summed E-state index contributed by atoms with van der Waals surface area (Å²) in [6, 6.07) is 18.0. The van der Waals surface area contributed by atoms with Gasteiger partial charge >= 0.3 is 0 Å². The van der Waals surface area contributed by atoms with E-state index in [9.17, 15) is 0 Å². The van der Waals surface area contributed by atoms with Crippen molar-refractivity contribution in [2.75, 3.05) is 24.5 Å². The van der Waals surface area contributed by atoms with Crippen LogP contribution in [-0.4, -0.2) is 19.6 Å². The lowest BCUT2D eigenvalue weighted by atomic mass is 10.0. The lowest BCUT2D eigenvalue weighted by Gasteiger charge is -2.38. The van der Waals surface area contributed by atoms with Crippen LogP contribution in [0.1, 0.15) is 22.7 Å². The lowest BCUT2D eigenvalue weighted by Crippen LogP contribution is -2.46. The summed E-state index contributed by atoms with van der Waals surface area (Å²) in [7, 11) is 0. The maximum atomic E-state index is 3.52. The maximum Gasteiger partial charge on any atom is 0.0667 e. The van der Waals surface area contributed by atoms with Gasteiger partial charge in [-0.3, -0.25) is 0 Å². The molecule has 1 saturated heterocycles. The molecule has 1 unspecified atom stereocenters. The molecule has 2 nitrogen and oxygen atoms in total. The van der Waals surface area contributed by atoms with Gasteiger partial charge in [-0.25, -0.2) is 0 Å². The Kier molecular flexibility index (Phi) is 3.75. The monoisotopic (exact) mass is 266 g/mol. The molecule has 3 rings (SSSR count). The van der Waals surface area contributed by atoms with Crippen molar-refractivity contribution in [3.63, 3.8) is 0 Å². The summed E-state index contributed by atoms with van der Waals surface area (Å²) in [6.45, 7) is 7.49. The number of nitrogens with one attached hydrogen (secondary N) is 1. The molecule has 104 valence electrons. The van der Waals surface area contributed by atoms with E-state index in [-0.39, 0.29) is 0 Å². The summed E-state index contributed by atoms with van der Waals surface area (Å²) in [5.74, 6) is 0. The molecule has 2 heteroatoms. The predicted molar refractivity (Wildman–Crippen MR) is 85.3 cm³/mol. The Bertz CT molecular complexity index is 577. The minimum Gasteiger partial charge on any atom is -0.362 e. The number of hydrogen-bond donors (Lipinski definition) is 1. The van der Waals surface area contributed by atoms with Crippen LogP contribution >= 0.6 is 0 Å². The molecule has 20 heavy (non-hydrogen) atoms. The van der Waals surface area contributed by atoms with E-state index in [2.05, 4.69) is 72.6 Å². The van der Waals surface area contributed by atoms with Crippen LogP contribution in [0.2, 0.25) is 0 Å². The van der Waals surface area contributed by atoms with Gasteiger partial charge in [0.2, 0.25) is 0 Å². The molecule has 0 aliphatic carbocycles. The van der Waals surface area contributed by atoms with Gasteiger partial charge in [0, 0.05) is 25.3 Å². The fourth-order valence-corrected chi connectivity index (χ4v) is 2.89. The van der Waals surface area contributed by atoms with Crippen molar-refractivity contribution in [1.29, 1.82) is 0 Å². The minimum absolute atomic E-state index is 0.423. The van der Waals surface area contributed by atoms with Crippen LogP contribution in [0.15, 0.2) is 48.5 Å². The first kappa shape index (κ1) is 13.2. The Morgan fingerprint density at radius 3 is 2.55 bits per heavy atom. The average molecular weight is 266 g/mol. The van der Waals surface area contributed by atoms with Crippen LogP contribution in [0, 0.1) is 13.8 Å². The summed E-state index contributed by atoms with van der Waals surface area (Å²) in [5, 5.41) is 3.52. The van der Waals surface area contributed by atoms with Crippen molar-refractivity contribution in [2.24, 2.45) is 0 Å². The number of piperazine rings is 1. The van der Waals surface area contributed by atoms with Gasteiger partial charge in [-0.2, -0.15) is 0 Å². The van der Waals surface area contributed by atoms with Crippen molar-refractivity contribution in [3.8, 4) is 0 Å². The molecule has 0 saturated carbocycles. The normalized spacial score (nSPS) is 19.1. The second kappa shape index (κ2) is 5.68. The van der Waals surface area contributed by atoms with Crippen LogP contribution in [0.5, 0.6) is 0 Å². The van der Waals surface area contributed by atoms with E-state index in [0.29, 0.717) is 6.04 Å². The van der Waals surface area contributed by atoms with Crippen LogP contribution in [0.25, 0.3) is 0 Å². The Morgan fingerprint density at radius 1 is 1.00 bits per heavy atom. The third-order valence-electron chi connectivity index (χ3n) is 4.25. The predicted octanol–water partition coefficient (Wildman–Crippen LogP) is 3.45. The molecule has 1 aliphatic heterocycles. The van der Waals surface area contributed by atoms with Crippen LogP contribution < -0.4 is 10.2 Å². The van der Waals surface area contributed by atoms with E-state index in [1.807, 2.05) is 0 Å². The molecule has 1 atom stereocenters. The van der Waals surface area contributed by atoms with Gasteiger partial charge in [0.15, 0.2) is 0 Å². The average Bonchev–Trinajstić information content (AvgIpc) is 2.51. The molecule has 2 aromatic carbocycles. The third kappa shape index (κ3) is 2.56. The van der Waals surface area contributed by atoms with E-state index < -0.39 is 0 Å². The van der Waals surface area contributed by atoms with E-state index in [1.165, 1.54) is 22.4 Å². The molecule has 0 radical (unpaired) electrons. The lowest BCUT2D eigenvalue weighted by molar-refractivity contribution is 0.490. The van der Waals surface area contributed by atoms with Crippen molar-refractivity contribution >= 4 is 5.69 Å². The number of aryl methyl sites for hydroxylation is 2. The zero-order valence-corrected chi connectivity index (χ0v) is 12.3. The summed E-state index contributed by atoms with van der Waals surface area (Å²) < 4.78 is 0. The Hall–Kier alpha value is -1.80. The minimum atomic E-state index is 0.423. The highest BCUT2D eigenvalue weighted by Crippen LogP contribution is 2.29. The van der Waals surface area contributed by atoms with Gasteiger partial charge in [-0.15, -0.1) is 0 Å². The highest BCUT2D eigenvalue weighted by molar-refractivity contribution is 5.53. The fourth-order valence-electron chi connectivity index (χ4n) is 2.89. The zero-order chi connectivity index (χ0) is 13.9. The first-order chi connectivity index (χ1) is 9.75. The molecule has 0 aromatic heterocycles. The quantitative estimate of drug-likeness (QED) is 0.895. The van der Waals surface area contributed by atoms with Crippen molar-refractivity contribution in [1.82, 2.24) is 5.32 Å². The zero-order valence-electron chi connectivity index (χ0n) is 12.3. The number of hydrogen-bond acceptors (Lipinski definition) is 2.